The smallest absolute Gasteiger partial charge is 0.430 e. The Labute approximate surface area is 149 Å². The molecule has 0 aromatic heterocycles. The van der Waals surface area contributed by atoms with Crippen molar-refractivity contribution in [1.29, 1.82) is 0 Å². The van der Waals surface area contributed by atoms with Crippen LogP contribution in [0.15, 0.2) is 54.6 Å². The minimum absolute atomic E-state index is 0.0767. The van der Waals surface area contributed by atoms with E-state index in [1.54, 1.807) is 30.3 Å². The van der Waals surface area contributed by atoms with Gasteiger partial charge >= 0.3 is 18.4 Å². The molecule has 0 bridgehead atoms. The maximum atomic E-state index is 12.8. The molecule has 2 aromatic carbocycles. The molecule has 2 rings (SSSR count). The summed E-state index contributed by atoms with van der Waals surface area (Å²) in [6.07, 6.45) is -12.9. The highest BCUT2D eigenvalue weighted by Crippen LogP contribution is 2.50. The van der Waals surface area contributed by atoms with E-state index in [0.29, 0.717) is 17.7 Å². The molecule has 0 fully saturated rings. The number of aliphatic hydroxyl groups is 1. The number of rotatable bonds is 4. The Bertz CT molecular complexity index is 758. The average Bonchev–Trinajstić information content (AvgIpc) is 2.59. The van der Waals surface area contributed by atoms with Crippen molar-refractivity contribution in [3.05, 3.63) is 65.7 Å². The first kappa shape index (κ1) is 20.6. The van der Waals surface area contributed by atoms with Gasteiger partial charge in [0.05, 0.1) is 0 Å². The number of carbonyl (C=O) groups is 1. The van der Waals surface area contributed by atoms with E-state index in [-0.39, 0.29) is 12.3 Å². The van der Waals surface area contributed by atoms with Gasteiger partial charge in [0.25, 0.3) is 5.60 Å². The Morgan fingerprint density at radius 2 is 1.41 bits per heavy atom. The number of anilines is 1. The number of hydrogen-bond acceptors (Lipinski definition) is 3. The first-order valence-electron chi connectivity index (χ1n) is 7.39. The number of hydrogen-bond donors (Lipinski definition) is 2. The van der Waals surface area contributed by atoms with Crippen LogP contribution in [-0.4, -0.2) is 23.6 Å². The Kier molecular flexibility index (Phi) is 5.69. The van der Waals surface area contributed by atoms with Gasteiger partial charge in [-0.2, -0.15) is 26.3 Å². The maximum Gasteiger partial charge on any atom is 0.430 e. The summed E-state index contributed by atoms with van der Waals surface area (Å²) in [5, 5.41) is 11.4. The Morgan fingerprint density at radius 3 is 1.89 bits per heavy atom. The zero-order chi connectivity index (χ0) is 20.3. The molecule has 0 atom stereocenters. The summed E-state index contributed by atoms with van der Waals surface area (Å²) < 4.78 is 81.7. The lowest BCUT2D eigenvalue weighted by Gasteiger charge is -2.32. The van der Waals surface area contributed by atoms with E-state index in [1.165, 1.54) is 0 Å². The second-order valence-corrected chi connectivity index (χ2v) is 5.47. The van der Waals surface area contributed by atoms with Gasteiger partial charge in [0.1, 0.15) is 6.61 Å². The lowest BCUT2D eigenvalue weighted by molar-refractivity contribution is -0.376. The van der Waals surface area contributed by atoms with Gasteiger partial charge in [-0.05, 0) is 17.7 Å². The molecule has 2 aromatic rings. The van der Waals surface area contributed by atoms with Crippen molar-refractivity contribution in [2.24, 2.45) is 0 Å². The van der Waals surface area contributed by atoms with Crippen molar-refractivity contribution in [1.82, 2.24) is 0 Å². The number of amides is 1. The molecule has 0 heterocycles. The Morgan fingerprint density at radius 1 is 0.889 bits per heavy atom. The molecular weight excluding hydrogens is 380 g/mol. The molecule has 0 aliphatic heterocycles. The van der Waals surface area contributed by atoms with Gasteiger partial charge in [0.15, 0.2) is 0 Å². The van der Waals surface area contributed by atoms with Gasteiger partial charge in [0.2, 0.25) is 0 Å². The van der Waals surface area contributed by atoms with Crippen molar-refractivity contribution in [3.63, 3.8) is 0 Å². The van der Waals surface area contributed by atoms with Gasteiger partial charge in [0, 0.05) is 11.3 Å². The van der Waals surface area contributed by atoms with Gasteiger partial charge in [-0.1, -0.05) is 42.5 Å². The quantitative estimate of drug-likeness (QED) is 0.738. The highest BCUT2D eigenvalue weighted by atomic mass is 19.4. The lowest BCUT2D eigenvalue weighted by Crippen LogP contribution is -2.53. The molecule has 10 heteroatoms. The van der Waals surface area contributed by atoms with E-state index in [0.717, 1.165) is 12.1 Å². The van der Waals surface area contributed by atoms with Crippen molar-refractivity contribution in [2.45, 2.75) is 24.6 Å². The second-order valence-electron chi connectivity index (χ2n) is 5.47. The van der Waals surface area contributed by atoms with Crippen LogP contribution >= 0.6 is 0 Å². The van der Waals surface area contributed by atoms with Crippen molar-refractivity contribution in [3.8, 4) is 0 Å². The SMILES string of the molecule is O=C(Nc1ccc(C(O)(C(F)(F)F)C(F)(F)F)cc1)OCc1ccccc1. The van der Waals surface area contributed by atoms with E-state index in [4.69, 9.17) is 4.74 Å². The number of ether oxygens (including phenoxy) is 1. The summed E-state index contributed by atoms with van der Waals surface area (Å²) in [6.45, 7) is -0.0767. The number of carbonyl (C=O) groups excluding carboxylic acids is 1. The van der Waals surface area contributed by atoms with E-state index >= 15 is 0 Å². The maximum absolute atomic E-state index is 12.8. The third-order valence-corrected chi connectivity index (χ3v) is 3.58. The number of halogens is 6. The Balaban J connectivity index is 2.09. The minimum atomic E-state index is -5.98. The first-order valence-corrected chi connectivity index (χ1v) is 7.39. The third kappa shape index (κ3) is 4.51. The topological polar surface area (TPSA) is 58.6 Å². The second kappa shape index (κ2) is 7.47. The van der Waals surface area contributed by atoms with Crippen LogP contribution in [0.5, 0.6) is 0 Å². The molecule has 0 aliphatic rings. The minimum Gasteiger partial charge on any atom is -0.444 e. The fourth-order valence-corrected chi connectivity index (χ4v) is 2.16. The monoisotopic (exact) mass is 393 g/mol. The van der Waals surface area contributed by atoms with Crippen molar-refractivity contribution < 1.29 is 41.0 Å². The van der Waals surface area contributed by atoms with Crippen LogP contribution in [0, 0.1) is 0 Å². The number of benzene rings is 2. The first-order chi connectivity index (χ1) is 12.4. The van der Waals surface area contributed by atoms with E-state index in [9.17, 15) is 36.2 Å². The van der Waals surface area contributed by atoms with Crippen LogP contribution in [0.25, 0.3) is 0 Å². The molecule has 146 valence electrons. The molecule has 1 amide bonds. The molecule has 0 saturated carbocycles. The number of alkyl halides is 6. The normalized spacial score (nSPS) is 12.6. The summed E-state index contributed by atoms with van der Waals surface area (Å²) in [5.41, 5.74) is -5.87. The van der Waals surface area contributed by atoms with Crippen LogP contribution in [0.3, 0.4) is 0 Å². The molecule has 27 heavy (non-hydrogen) atoms. The average molecular weight is 393 g/mol. The summed E-state index contributed by atoms with van der Waals surface area (Å²) >= 11 is 0. The van der Waals surface area contributed by atoms with Gasteiger partial charge < -0.3 is 9.84 Å². The zero-order valence-electron chi connectivity index (χ0n) is 13.4. The summed E-state index contributed by atoms with van der Waals surface area (Å²) in [5.74, 6) is 0. The van der Waals surface area contributed by atoms with Gasteiger partial charge in [-0.15, -0.1) is 0 Å². The van der Waals surface area contributed by atoms with Gasteiger partial charge in [-0.25, -0.2) is 4.79 Å². The van der Waals surface area contributed by atoms with Crippen molar-refractivity contribution >= 4 is 11.8 Å². The van der Waals surface area contributed by atoms with Crippen LogP contribution < -0.4 is 5.32 Å². The van der Waals surface area contributed by atoms with Crippen molar-refractivity contribution in [2.75, 3.05) is 5.32 Å². The number of nitrogens with one attached hydrogen (secondary N) is 1. The molecule has 0 radical (unpaired) electrons. The summed E-state index contributed by atoms with van der Waals surface area (Å²) in [4.78, 5) is 11.6. The molecule has 0 saturated heterocycles. The summed E-state index contributed by atoms with van der Waals surface area (Å²) in [7, 11) is 0. The van der Waals surface area contributed by atoms with E-state index in [2.05, 4.69) is 5.32 Å². The molecule has 2 N–H and O–H groups in total. The van der Waals surface area contributed by atoms with Crippen LogP contribution in [0.2, 0.25) is 0 Å². The predicted octanol–water partition coefficient (Wildman–Crippen LogP) is 4.75. The third-order valence-electron chi connectivity index (χ3n) is 3.58. The highest BCUT2D eigenvalue weighted by Gasteiger charge is 2.71. The fourth-order valence-electron chi connectivity index (χ4n) is 2.16. The fraction of sp³-hybridized carbons (Fsp3) is 0.235. The molecule has 0 spiro atoms. The standard InChI is InChI=1S/C17H13F6NO3/c18-16(19,20)15(26,17(21,22)23)12-6-8-13(9-7-12)24-14(25)27-10-11-4-2-1-3-5-11/h1-9,26H,10H2,(H,24,25). The molecule has 4 nitrogen and oxygen atoms in total. The largest absolute Gasteiger partial charge is 0.444 e. The van der Waals surface area contributed by atoms with Crippen LogP contribution in [-0.2, 0) is 16.9 Å². The van der Waals surface area contributed by atoms with Crippen LogP contribution in [0.4, 0.5) is 36.8 Å². The molecule has 0 aliphatic carbocycles. The van der Waals surface area contributed by atoms with E-state index in [1.807, 2.05) is 0 Å². The predicted molar refractivity (Wildman–Crippen MR) is 82.7 cm³/mol. The highest BCUT2D eigenvalue weighted by molar-refractivity contribution is 5.84. The van der Waals surface area contributed by atoms with Crippen LogP contribution in [0.1, 0.15) is 11.1 Å². The molecule has 0 unspecified atom stereocenters. The summed E-state index contributed by atoms with van der Waals surface area (Å²) in [6, 6.07) is 11.0. The zero-order valence-corrected chi connectivity index (χ0v) is 13.4. The van der Waals surface area contributed by atoms with E-state index < -0.39 is 29.6 Å². The lowest BCUT2D eigenvalue weighted by atomic mass is 9.92. The molecular formula is C17H13F6NO3. The Hall–Kier alpha value is -2.75. The van der Waals surface area contributed by atoms with Gasteiger partial charge in [-0.3, -0.25) is 5.32 Å².